The molecule has 0 aliphatic carbocycles. The molecule has 0 saturated heterocycles. The molecule has 0 aliphatic rings. The average molecular weight is 770 g/mol. The minimum absolute atomic E-state index is 0.00692. The number of methoxy groups -OCH3 is 2. The van der Waals surface area contributed by atoms with Crippen LogP contribution in [0, 0.1) is 3.57 Å². The number of halogens is 1. The van der Waals surface area contributed by atoms with E-state index in [4.69, 9.17) is 9.47 Å². The van der Waals surface area contributed by atoms with Crippen molar-refractivity contribution < 1.29 is 23.9 Å². The summed E-state index contributed by atoms with van der Waals surface area (Å²) in [6, 6.07) is 38.2. The third-order valence-electron chi connectivity index (χ3n) is 7.06. The van der Waals surface area contributed by atoms with Gasteiger partial charge in [-0.25, -0.2) is 0 Å². The summed E-state index contributed by atoms with van der Waals surface area (Å²) in [5, 5.41) is 8.11. The van der Waals surface area contributed by atoms with E-state index in [2.05, 4.69) is 38.5 Å². The maximum Gasteiger partial charge on any atom is 0.272 e. The van der Waals surface area contributed by atoms with Gasteiger partial charge in [-0.05, 0) is 94.9 Å². The lowest BCUT2D eigenvalue weighted by Crippen LogP contribution is -2.30. The molecule has 0 spiro atoms. The Morgan fingerprint density at radius 1 is 0.729 bits per heavy atom. The zero-order chi connectivity index (χ0) is 33.9. The maximum absolute atomic E-state index is 13.8. The van der Waals surface area contributed by atoms with Crippen molar-refractivity contribution in [2.45, 2.75) is 10.1 Å². The van der Waals surface area contributed by atoms with E-state index >= 15 is 0 Å². The summed E-state index contributed by atoms with van der Waals surface area (Å²) in [6.07, 6.45) is 1.54. The number of anilines is 2. The van der Waals surface area contributed by atoms with Gasteiger partial charge < -0.3 is 25.4 Å². The van der Waals surface area contributed by atoms with Gasteiger partial charge in [0.15, 0.2) is 11.5 Å². The first kappa shape index (κ1) is 34.3. The summed E-state index contributed by atoms with van der Waals surface area (Å²) in [6.45, 7) is 0. The molecule has 0 bridgehead atoms. The molecule has 242 valence electrons. The molecule has 5 aromatic rings. The smallest absolute Gasteiger partial charge is 0.272 e. The molecule has 5 aromatic carbocycles. The number of thioether (sulfide) groups is 1. The monoisotopic (exact) mass is 769 g/mol. The van der Waals surface area contributed by atoms with Crippen LogP contribution in [-0.2, 0) is 9.59 Å². The van der Waals surface area contributed by atoms with Crippen molar-refractivity contribution >= 4 is 69.5 Å². The van der Waals surface area contributed by atoms with E-state index in [1.165, 1.54) is 32.1 Å². The second-order valence-corrected chi connectivity index (χ2v) is 12.8. The van der Waals surface area contributed by atoms with Gasteiger partial charge in [-0.1, -0.05) is 66.7 Å². The Morgan fingerprint density at radius 3 is 2.10 bits per heavy atom. The van der Waals surface area contributed by atoms with Gasteiger partial charge in [0.1, 0.15) is 10.9 Å². The molecule has 3 amide bonds. The van der Waals surface area contributed by atoms with Crippen molar-refractivity contribution in [3.8, 4) is 11.5 Å². The highest BCUT2D eigenvalue weighted by Crippen LogP contribution is 2.37. The van der Waals surface area contributed by atoms with Crippen LogP contribution < -0.4 is 25.4 Å². The molecule has 1 unspecified atom stereocenters. The van der Waals surface area contributed by atoms with Gasteiger partial charge in [0.05, 0.1) is 14.2 Å². The number of carbonyl (C=O) groups excluding carboxylic acids is 3. The van der Waals surface area contributed by atoms with Crippen LogP contribution in [0.15, 0.2) is 138 Å². The topological polar surface area (TPSA) is 106 Å². The van der Waals surface area contributed by atoms with Crippen molar-refractivity contribution in [2.24, 2.45) is 0 Å². The first-order valence-electron chi connectivity index (χ1n) is 14.8. The summed E-state index contributed by atoms with van der Waals surface area (Å²) >= 11 is 3.58. The summed E-state index contributed by atoms with van der Waals surface area (Å²) in [7, 11) is 3.03. The molecule has 10 heteroatoms. The Balaban J connectivity index is 1.41. The third kappa shape index (κ3) is 9.05. The van der Waals surface area contributed by atoms with Crippen molar-refractivity contribution in [1.29, 1.82) is 0 Å². The van der Waals surface area contributed by atoms with E-state index in [0.29, 0.717) is 34.0 Å². The fourth-order valence-electron chi connectivity index (χ4n) is 4.75. The Labute approximate surface area is 297 Å². The standard InChI is InChI=1S/C38H32IN3O5S/c1-46-33-18-9-15-27(34(33)47-2)23-32(42-36(43)26-13-7-4-8-14-26)37(44)41-30-16-10-17-31(24-30)48-35(25-11-5-3-6-12-25)38(45)40-29-21-19-28(39)20-22-29/h3-24,35H,1-2H3,(H,40,45)(H,41,44)(H,42,43)/b32-23+. The SMILES string of the molecule is COc1cccc(/C=C(/NC(=O)c2ccccc2)C(=O)Nc2cccc(SC(C(=O)Nc3ccc(I)cc3)c3ccccc3)c2)c1OC. The fraction of sp³-hybridized carbons (Fsp3) is 0.0789. The highest BCUT2D eigenvalue weighted by Gasteiger charge is 2.23. The molecule has 3 N–H and O–H groups in total. The molecular weight excluding hydrogens is 737 g/mol. The Kier molecular flexibility index (Phi) is 11.9. The van der Waals surface area contributed by atoms with Crippen molar-refractivity contribution in [3.63, 3.8) is 0 Å². The summed E-state index contributed by atoms with van der Waals surface area (Å²) in [5.74, 6) is -0.296. The lowest BCUT2D eigenvalue weighted by atomic mass is 10.1. The zero-order valence-corrected chi connectivity index (χ0v) is 29.1. The number of rotatable bonds is 12. The number of benzene rings is 5. The minimum atomic E-state index is -0.572. The third-order valence-corrected chi connectivity index (χ3v) is 9.03. The molecule has 0 heterocycles. The van der Waals surface area contributed by atoms with Crippen LogP contribution in [0.2, 0.25) is 0 Å². The molecule has 0 saturated carbocycles. The molecule has 48 heavy (non-hydrogen) atoms. The van der Waals surface area contributed by atoms with Gasteiger partial charge in [0.2, 0.25) is 5.91 Å². The second kappa shape index (κ2) is 16.7. The first-order chi connectivity index (χ1) is 23.3. The number of hydrogen-bond acceptors (Lipinski definition) is 6. The fourth-order valence-corrected chi connectivity index (χ4v) is 6.19. The predicted molar refractivity (Wildman–Crippen MR) is 199 cm³/mol. The molecule has 0 aromatic heterocycles. The number of ether oxygens (including phenoxy) is 2. The van der Waals surface area contributed by atoms with Crippen molar-refractivity contribution in [1.82, 2.24) is 5.32 Å². The molecule has 0 fully saturated rings. The number of nitrogens with one attached hydrogen (secondary N) is 3. The van der Waals surface area contributed by atoms with Gasteiger partial charge in [0.25, 0.3) is 11.8 Å². The number of para-hydroxylation sites is 1. The molecular formula is C38H32IN3O5S. The van der Waals surface area contributed by atoms with E-state index in [1.807, 2.05) is 60.7 Å². The Morgan fingerprint density at radius 2 is 1.42 bits per heavy atom. The van der Waals surface area contributed by atoms with Crippen LogP contribution >= 0.6 is 34.4 Å². The zero-order valence-electron chi connectivity index (χ0n) is 26.1. The molecule has 0 radical (unpaired) electrons. The minimum Gasteiger partial charge on any atom is -0.493 e. The van der Waals surface area contributed by atoms with E-state index in [0.717, 1.165) is 14.0 Å². The molecule has 8 nitrogen and oxygen atoms in total. The number of amides is 3. The molecule has 5 rings (SSSR count). The maximum atomic E-state index is 13.8. The lowest BCUT2D eigenvalue weighted by Gasteiger charge is -2.18. The van der Waals surface area contributed by atoms with E-state index < -0.39 is 17.1 Å². The van der Waals surface area contributed by atoms with Crippen molar-refractivity contribution in [3.05, 3.63) is 153 Å². The lowest BCUT2D eigenvalue weighted by molar-refractivity contribution is -0.116. The summed E-state index contributed by atoms with van der Waals surface area (Å²) in [5.41, 5.74) is 2.93. The van der Waals surface area contributed by atoms with Crippen LogP contribution in [0.1, 0.15) is 26.7 Å². The van der Waals surface area contributed by atoms with Crippen molar-refractivity contribution in [2.75, 3.05) is 24.9 Å². The highest BCUT2D eigenvalue weighted by atomic mass is 127. The largest absolute Gasteiger partial charge is 0.493 e. The first-order valence-corrected chi connectivity index (χ1v) is 16.8. The van der Waals surface area contributed by atoms with Gasteiger partial charge in [0, 0.05) is 31.0 Å². The Bertz CT molecular complexity index is 1920. The van der Waals surface area contributed by atoms with Crippen LogP contribution in [0.4, 0.5) is 11.4 Å². The normalized spacial score (nSPS) is 11.6. The summed E-state index contributed by atoms with van der Waals surface area (Å²) < 4.78 is 12.0. The van der Waals surface area contributed by atoms with Gasteiger partial charge in [-0.15, -0.1) is 11.8 Å². The number of hydrogen-bond donors (Lipinski definition) is 3. The van der Waals surface area contributed by atoms with E-state index in [-0.39, 0.29) is 11.6 Å². The van der Waals surface area contributed by atoms with Crippen LogP contribution in [0.25, 0.3) is 6.08 Å². The van der Waals surface area contributed by atoms with Crippen LogP contribution in [0.5, 0.6) is 11.5 Å². The van der Waals surface area contributed by atoms with Gasteiger partial charge >= 0.3 is 0 Å². The van der Waals surface area contributed by atoms with E-state index in [9.17, 15) is 14.4 Å². The van der Waals surface area contributed by atoms with Gasteiger partial charge in [-0.3, -0.25) is 14.4 Å². The molecule has 1 atom stereocenters. The number of carbonyl (C=O) groups is 3. The van der Waals surface area contributed by atoms with Gasteiger partial charge in [-0.2, -0.15) is 0 Å². The predicted octanol–water partition coefficient (Wildman–Crippen LogP) is 8.19. The molecule has 0 aliphatic heterocycles. The van der Waals surface area contributed by atoms with E-state index in [1.54, 1.807) is 66.7 Å². The van der Waals surface area contributed by atoms with Crippen LogP contribution in [-0.4, -0.2) is 31.9 Å². The second-order valence-electron chi connectivity index (χ2n) is 10.3. The van der Waals surface area contributed by atoms with Crippen LogP contribution in [0.3, 0.4) is 0 Å². The Hall–Kier alpha value is -5.07. The quantitative estimate of drug-likeness (QED) is 0.0672. The summed E-state index contributed by atoms with van der Waals surface area (Å²) in [4.78, 5) is 41.3. The highest BCUT2D eigenvalue weighted by molar-refractivity contribution is 14.1. The average Bonchev–Trinajstić information content (AvgIpc) is 3.12.